The fraction of sp³-hybridized carbons (Fsp3) is 0.235. The zero-order chi connectivity index (χ0) is 16.8. The Morgan fingerprint density at radius 1 is 1.28 bits per heavy atom. The number of hydrogen-bond donors (Lipinski definition) is 1. The third-order valence-electron chi connectivity index (χ3n) is 4.40. The maximum atomic E-state index is 14.2. The van der Waals surface area contributed by atoms with Gasteiger partial charge in [-0.15, -0.1) is 0 Å². The second-order valence-electron chi connectivity index (χ2n) is 5.92. The molecule has 3 aromatic rings. The van der Waals surface area contributed by atoms with Crippen molar-refractivity contribution in [2.75, 3.05) is 0 Å². The van der Waals surface area contributed by atoms with E-state index in [4.69, 9.17) is 0 Å². The second-order valence-corrected chi connectivity index (χ2v) is 6.84. The molecule has 25 heavy (non-hydrogen) atoms. The van der Waals surface area contributed by atoms with E-state index >= 15 is 0 Å². The first-order chi connectivity index (χ1) is 11.5. The average Bonchev–Trinajstić information content (AvgIpc) is 2.89. The summed E-state index contributed by atoms with van der Waals surface area (Å²) in [5, 5.41) is 13.8. The Morgan fingerprint density at radius 3 is 2.64 bits per heavy atom. The van der Waals surface area contributed by atoms with Crippen LogP contribution in [0.5, 0.6) is 0 Å². The molecule has 0 radical (unpaired) electrons. The number of carboxylic acid groups (broad SMARTS) is 1. The number of fused-ring (bicyclic) bond motifs is 1. The quantitative estimate of drug-likeness (QED) is 0.685. The van der Waals surface area contributed by atoms with Crippen molar-refractivity contribution < 1.29 is 14.3 Å². The van der Waals surface area contributed by atoms with Gasteiger partial charge in [0.05, 0.1) is 5.69 Å². The molecule has 0 aliphatic heterocycles. The summed E-state index contributed by atoms with van der Waals surface area (Å²) in [6, 6.07) is 7.96. The molecular weight excluding hydrogens is 384 g/mol. The summed E-state index contributed by atoms with van der Waals surface area (Å²) in [7, 11) is 0. The first-order valence-electron chi connectivity index (χ1n) is 7.62. The van der Waals surface area contributed by atoms with Crippen molar-refractivity contribution >= 4 is 46.4 Å². The molecule has 1 saturated carbocycles. The van der Waals surface area contributed by atoms with Gasteiger partial charge in [-0.2, -0.15) is 5.10 Å². The topological polar surface area (TPSA) is 67.5 Å². The number of benzene rings is 1. The van der Waals surface area contributed by atoms with Crippen LogP contribution in [-0.4, -0.2) is 44.5 Å². The van der Waals surface area contributed by atoms with Crippen molar-refractivity contribution in [3.8, 4) is 11.3 Å². The number of aromatic carboxylic acids is 1. The molecule has 1 aromatic carbocycles. The van der Waals surface area contributed by atoms with Gasteiger partial charge in [0.15, 0.2) is 11.3 Å². The molecule has 124 valence electrons. The standard InChI is InChI=1S/C17H13BrFN3O2.Li.H/c18-10-4-5-11(12(19)6-10)13-8-16-20-14(17(23)24)7-15(22(16)21-13)9-2-1-3-9;;/h4-9H,1-3H2,(H,23,24);;. The Hall–Kier alpha value is -1.68. The molecule has 2 heterocycles. The molecule has 1 aliphatic rings. The summed E-state index contributed by atoms with van der Waals surface area (Å²) in [5.41, 5.74) is 2.05. The van der Waals surface area contributed by atoms with Crippen LogP contribution in [-0.2, 0) is 0 Å². The number of nitrogens with zero attached hydrogens (tertiary/aromatic N) is 3. The number of carboxylic acids is 1. The van der Waals surface area contributed by atoms with Crippen LogP contribution in [0.15, 0.2) is 34.8 Å². The van der Waals surface area contributed by atoms with Gasteiger partial charge in [0, 0.05) is 27.7 Å². The van der Waals surface area contributed by atoms with E-state index in [-0.39, 0.29) is 30.5 Å². The Bertz CT molecular complexity index is 972. The molecule has 1 aliphatic carbocycles. The second kappa shape index (κ2) is 6.91. The van der Waals surface area contributed by atoms with Gasteiger partial charge in [-0.25, -0.2) is 18.7 Å². The fourth-order valence-electron chi connectivity index (χ4n) is 2.93. The van der Waals surface area contributed by atoms with Gasteiger partial charge in [0.1, 0.15) is 5.82 Å². The van der Waals surface area contributed by atoms with Crippen LogP contribution < -0.4 is 0 Å². The van der Waals surface area contributed by atoms with E-state index in [9.17, 15) is 14.3 Å². The molecule has 0 unspecified atom stereocenters. The third-order valence-corrected chi connectivity index (χ3v) is 4.90. The van der Waals surface area contributed by atoms with Gasteiger partial charge in [-0.3, -0.25) is 0 Å². The Labute approximate surface area is 163 Å². The molecule has 1 fully saturated rings. The van der Waals surface area contributed by atoms with Gasteiger partial charge in [0.2, 0.25) is 0 Å². The number of hydrogen-bond acceptors (Lipinski definition) is 3. The van der Waals surface area contributed by atoms with Crippen LogP contribution in [0.3, 0.4) is 0 Å². The molecule has 0 atom stereocenters. The molecule has 0 saturated heterocycles. The summed E-state index contributed by atoms with van der Waals surface area (Å²) < 4.78 is 16.5. The number of halogens is 2. The summed E-state index contributed by atoms with van der Waals surface area (Å²) in [5.74, 6) is -1.19. The van der Waals surface area contributed by atoms with E-state index in [0.29, 0.717) is 21.4 Å². The van der Waals surface area contributed by atoms with Gasteiger partial charge in [-0.1, -0.05) is 22.4 Å². The van der Waals surface area contributed by atoms with Crippen molar-refractivity contribution in [1.82, 2.24) is 14.6 Å². The predicted molar refractivity (Wildman–Crippen MR) is 96.8 cm³/mol. The van der Waals surface area contributed by atoms with E-state index in [0.717, 1.165) is 25.0 Å². The minimum atomic E-state index is -1.07. The van der Waals surface area contributed by atoms with Crippen LogP contribution >= 0.6 is 15.9 Å². The maximum absolute atomic E-state index is 14.2. The van der Waals surface area contributed by atoms with Crippen LogP contribution in [0.4, 0.5) is 4.39 Å². The zero-order valence-corrected chi connectivity index (χ0v) is 14.1. The molecule has 0 amide bonds. The summed E-state index contributed by atoms with van der Waals surface area (Å²) >= 11 is 3.23. The van der Waals surface area contributed by atoms with Crippen molar-refractivity contribution in [1.29, 1.82) is 0 Å². The van der Waals surface area contributed by atoms with Crippen molar-refractivity contribution in [2.45, 2.75) is 25.2 Å². The SMILES string of the molecule is O=C(O)c1cc(C2CCC2)n2nc(-c3ccc(Br)cc3F)cc2n1.[LiH]. The number of rotatable bonds is 3. The van der Waals surface area contributed by atoms with Crippen LogP contribution in [0.2, 0.25) is 0 Å². The van der Waals surface area contributed by atoms with Gasteiger partial charge in [-0.05, 0) is 37.1 Å². The normalized spacial score (nSPS) is 14.2. The first-order valence-corrected chi connectivity index (χ1v) is 8.41. The van der Waals surface area contributed by atoms with Gasteiger partial charge >= 0.3 is 24.8 Å². The van der Waals surface area contributed by atoms with Gasteiger partial charge in [0.25, 0.3) is 0 Å². The molecule has 4 rings (SSSR count). The Balaban J connectivity index is 0.00000182. The van der Waals surface area contributed by atoms with Crippen LogP contribution in [0.25, 0.3) is 16.9 Å². The van der Waals surface area contributed by atoms with Crippen molar-refractivity contribution in [3.05, 3.63) is 52.0 Å². The van der Waals surface area contributed by atoms with E-state index in [1.54, 1.807) is 28.8 Å². The van der Waals surface area contributed by atoms with E-state index in [2.05, 4.69) is 26.0 Å². The summed E-state index contributed by atoms with van der Waals surface area (Å²) in [6.45, 7) is 0. The zero-order valence-electron chi connectivity index (χ0n) is 12.5. The summed E-state index contributed by atoms with van der Waals surface area (Å²) in [6.07, 6.45) is 3.12. The molecular formula is C17H14BrFLiN3O2. The van der Waals surface area contributed by atoms with E-state index in [1.807, 2.05) is 0 Å². The number of aromatic nitrogens is 3. The molecule has 5 nitrogen and oxygen atoms in total. The molecule has 2 aromatic heterocycles. The van der Waals surface area contributed by atoms with E-state index < -0.39 is 11.8 Å². The number of carbonyl (C=O) groups is 1. The van der Waals surface area contributed by atoms with Crippen molar-refractivity contribution in [3.63, 3.8) is 0 Å². The van der Waals surface area contributed by atoms with Crippen molar-refractivity contribution in [2.24, 2.45) is 0 Å². The minimum absolute atomic E-state index is 0. The summed E-state index contributed by atoms with van der Waals surface area (Å²) in [4.78, 5) is 15.5. The molecule has 0 bridgehead atoms. The van der Waals surface area contributed by atoms with Gasteiger partial charge < -0.3 is 5.11 Å². The molecule has 0 spiro atoms. The first kappa shape index (κ1) is 18.1. The average molecular weight is 398 g/mol. The van der Waals surface area contributed by atoms with Crippen LogP contribution in [0, 0.1) is 5.82 Å². The predicted octanol–water partition coefficient (Wildman–Crippen LogP) is 3.62. The Morgan fingerprint density at radius 2 is 2.04 bits per heavy atom. The monoisotopic (exact) mass is 397 g/mol. The van der Waals surface area contributed by atoms with E-state index in [1.165, 1.54) is 6.07 Å². The molecule has 8 heteroatoms. The van der Waals surface area contributed by atoms with Crippen LogP contribution in [0.1, 0.15) is 41.4 Å². The Kier molecular flexibility index (Phi) is 5.01. The fourth-order valence-corrected chi connectivity index (χ4v) is 3.26. The molecule has 1 N–H and O–H groups in total. The third kappa shape index (κ3) is 3.24.